The molecule has 0 fully saturated rings. The average molecular weight is 444 g/mol. The molecule has 166 valence electrons. The molecule has 0 saturated carbocycles. The first-order valence-corrected chi connectivity index (χ1v) is 10.6. The number of anilines is 2. The van der Waals surface area contributed by atoms with Gasteiger partial charge < -0.3 is 19.7 Å². The van der Waals surface area contributed by atoms with Crippen molar-refractivity contribution >= 4 is 28.5 Å². The summed E-state index contributed by atoms with van der Waals surface area (Å²) in [7, 11) is 0. The summed E-state index contributed by atoms with van der Waals surface area (Å²) in [6.45, 7) is 2.99. The second-order valence-electron chi connectivity index (χ2n) is 8.16. The van der Waals surface area contributed by atoms with Gasteiger partial charge in [0, 0.05) is 30.4 Å². The number of nitrogens with one attached hydrogen (secondary N) is 1. The first-order valence-electron chi connectivity index (χ1n) is 10.6. The lowest BCUT2D eigenvalue weighted by Gasteiger charge is -2.20. The van der Waals surface area contributed by atoms with Gasteiger partial charge in [-0.3, -0.25) is 4.79 Å². The van der Waals surface area contributed by atoms with Gasteiger partial charge in [-0.2, -0.15) is 0 Å². The summed E-state index contributed by atoms with van der Waals surface area (Å²) < 4.78 is 20.6. The van der Waals surface area contributed by atoms with Crippen LogP contribution < -0.4 is 15.6 Å². The fourth-order valence-corrected chi connectivity index (χ4v) is 4.31. The molecule has 1 aromatic heterocycles. The predicted octanol–water partition coefficient (Wildman–Crippen LogP) is 5.32. The third-order valence-corrected chi connectivity index (χ3v) is 5.96. The SMILES string of the molecule is CC(Nc1ccccc1C(=O)O)c1cc(F)cc2c(=O)cc(N3Cc4ccccc4C3)oc12. The molecule has 2 heterocycles. The maximum absolute atomic E-state index is 14.5. The molecule has 6 nitrogen and oxygen atoms in total. The van der Waals surface area contributed by atoms with Crippen molar-refractivity contribution in [3.63, 3.8) is 0 Å². The number of hydrogen-bond donors (Lipinski definition) is 2. The minimum Gasteiger partial charge on any atom is -0.478 e. The fraction of sp³-hybridized carbons (Fsp3) is 0.154. The molecule has 0 aliphatic carbocycles. The van der Waals surface area contributed by atoms with Crippen LogP contribution in [0.2, 0.25) is 0 Å². The van der Waals surface area contributed by atoms with Crippen LogP contribution in [-0.2, 0) is 13.1 Å². The van der Waals surface area contributed by atoms with Crippen LogP contribution in [0.3, 0.4) is 0 Å². The number of nitrogens with zero attached hydrogens (tertiary/aromatic N) is 1. The van der Waals surface area contributed by atoms with Crippen molar-refractivity contribution in [3.8, 4) is 0 Å². The Morgan fingerprint density at radius 3 is 2.42 bits per heavy atom. The van der Waals surface area contributed by atoms with Crippen molar-refractivity contribution in [3.05, 3.63) is 105 Å². The van der Waals surface area contributed by atoms with Crippen molar-refractivity contribution < 1.29 is 18.7 Å². The number of aromatic carboxylic acids is 1. The lowest BCUT2D eigenvalue weighted by atomic mass is 10.0. The number of carbonyl (C=O) groups is 1. The molecule has 2 N–H and O–H groups in total. The lowest BCUT2D eigenvalue weighted by Crippen LogP contribution is -2.18. The molecule has 0 saturated heterocycles. The maximum atomic E-state index is 14.5. The van der Waals surface area contributed by atoms with E-state index in [9.17, 15) is 19.1 Å². The highest BCUT2D eigenvalue weighted by molar-refractivity contribution is 5.94. The Kier molecular flexibility index (Phi) is 5.09. The largest absolute Gasteiger partial charge is 0.478 e. The van der Waals surface area contributed by atoms with Crippen LogP contribution in [0.1, 0.15) is 40.0 Å². The Labute approximate surface area is 188 Å². The smallest absolute Gasteiger partial charge is 0.337 e. The molecule has 1 aliphatic heterocycles. The van der Waals surface area contributed by atoms with Crippen LogP contribution >= 0.6 is 0 Å². The van der Waals surface area contributed by atoms with Gasteiger partial charge >= 0.3 is 5.97 Å². The molecular formula is C26H21FN2O4. The van der Waals surface area contributed by atoms with Gasteiger partial charge in [0.15, 0.2) is 5.43 Å². The van der Waals surface area contributed by atoms with E-state index in [2.05, 4.69) is 5.32 Å². The molecule has 1 unspecified atom stereocenters. The van der Waals surface area contributed by atoms with Crippen LogP contribution in [-0.4, -0.2) is 11.1 Å². The highest BCUT2D eigenvalue weighted by Crippen LogP contribution is 2.33. The molecular weight excluding hydrogens is 423 g/mol. The molecule has 0 amide bonds. The highest BCUT2D eigenvalue weighted by atomic mass is 19.1. The summed E-state index contributed by atoms with van der Waals surface area (Å²) in [5.41, 5.74) is 3.20. The predicted molar refractivity (Wildman–Crippen MR) is 124 cm³/mol. The summed E-state index contributed by atoms with van der Waals surface area (Å²) in [5, 5.41) is 12.7. The fourth-order valence-electron chi connectivity index (χ4n) is 4.31. The van der Waals surface area contributed by atoms with Crippen molar-refractivity contribution in [2.45, 2.75) is 26.1 Å². The third-order valence-electron chi connectivity index (χ3n) is 5.96. The number of halogens is 1. The molecule has 33 heavy (non-hydrogen) atoms. The Hall–Kier alpha value is -4.13. The normalized spacial score (nSPS) is 13.7. The molecule has 0 bridgehead atoms. The highest BCUT2D eigenvalue weighted by Gasteiger charge is 2.23. The Bertz CT molecular complexity index is 1420. The molecule has 5 rings (SSSR count). The van der Waals surface area contributed by atoms with E-state index in [0.717, 1.165) is 0 Å². The number of para-hydroxylation sites is 1. The zero-order valence-electron chi connectivity index (χ0n) is 17.8. The van der Waals surface area contributed by atoms with Gasteiger partial charge in [0.25, 0.3) is 0 Å². The maximum Gasteiger partial charge on any atom is 0.337 e. The molecule has 0 radical (unpaired) electrons. The minimum atomic E-state index is -1.07. The number of rotatable bonds is 5. The molecule has 1 aliphatic rings. The second-order valence-corrected chi connectivity index (χ2v) is 8.16. The van der Waals surface area contributed by atoms with E-state index >= 15 is 0 Å². The quantitative estimate of drug-likeness (QED) is 0.433. The summed E-state index contributed by atoms with van der Waals surface area (Å²) in [5.74, 6) is -1.22. The van der Waals surface area contributed by atoms with Gasteiger partial charge in [0.05, 0.1) is 17.0 Å². The first kappa shape index (κ1) is 20.8. The summed E-state index contributed by atoms with van der Waals surface area (Å²) >= 11 is 0. The number of fused-ring (bicyclic) bond motifs is 2. The number of benzene rings is 3. The minimum absolute atomic E-state index is 0.0991. The Morgan fingerprint density at radius 1 is 1.06 bits per heavy atom. The van der Waals surface area contributed by atoms with Gasteiger partial charge in [0.2, 0.25) is 5.88 Å². The Balaban J connectivity index is 1.57. The standard InChI is InChI=1S/C26H21FN2O4/c1-15(28-22-9-5-4-8-19(22)26(31)32)20-10-18(27)11-21-23(30)12-24(33-25(20)21)29-13-16-6-2-3-7-17(16)14-29/h2-12,15,28H,13-14H2,1H3,(H,31,32). The summed E-state index contributed by atoms with van der Waals surface area (Å²) in [4.78, 5) is 26.4. The third kappa shape index (κ3) is 3.82. The number of carboxylic acids is 1. The molecule has 1 atom stereocenters. The van der Waals surface area contributed by atoms with Crippen molar-refractivity contribution in [1.82, 2.24) is 0 Å². The van der Waals surface area contributed by atoms with Crippen molar-refractivity contribution in [1.29, 1.82) is 0 Å². The zero-order valence-corrected chi connectivity index (χ0v) is 17.8. The average Bonchev–Trinajstić information content (AvgIpc) is 3.23. The van der Waals surface area contributed by atoms with E-state index in [-0.39, 0.29) is 22.0 Å². The first-order chi connectivity index (χ1) is 15.9. The van der Waals surface area contributed by atoms with Gasteiger partial charge in [0.1, 0.15) is 11.4 Å². The van der Waals surface area contributed by atoms with E-state index in [1.165, 1.54) is 35.4 Å². The monoisotopic (exact) mass is 444 g/mol. The van der Waals surface area contributed by atoms with E-state index in [1.807, 2.05) is 29.2 Å². The Morgan fingerprint density at radius 2 is 1.73 bits per heavy atom. The number of carboxylic acid groups (broad SMARTS) is 1. The van der Waals surface area contributed by atoms with E-state index in [4.69, 9.17) is 4.42 Å². The number of hydrogen-bond acceptors (Lipinski definition) is 5. The molecule has 4 aromatic rings. The van der Waals surface area contributed by atoms with E-state index < -0.39 is 17.8 Å². The van der Waals surface area contributed by atoms with E-state index in [0.29, 0.717) is 30.2 Å². The summed E-state index contributed by atoms with van der Waals surface area (Å²) in [6.07, 6.45) is 0. The topological polar surface area (TPSA) is 82.8 Å². The van der Waals surface area contributed by atoms with Crippen LogP contribution in [0.25, 0.3) is 11.0 Å². The van der Waals surface area contributed by atoms with E-state index in [1.54, 1.807) is 25.1 Å². The van der Waals surface area contributed by atoms with Gasteiger partial charge in [-0.25, -0.2) is 9.18 Å². The molecule has 0 spiro atoms. The van der Waals surface area contributed by atoms with Gasteiger partial charge in [-0.1, -0.05) is 36.4 Å². The second kappa shape index (κ2) is 8.09. The van der Waals surface area contributed by atoms with Crippen molar-refractivity contribution in [2.24, 2.45) is 0 Å². The lowest BCUT2D eigenvalue weighted by molar-refractivity contribution is 0.0698. The van der Waals surface area contributed by atoms with Crippen molar-refractivity contribution in [2.75, 3.05) is 10.2 Å². The van der Waals surface area contributed by atoms with Crippen LogP contribution in [0.4, 0.5) is 16.0 Å². The van der Waals surface area contributed by atoms with Gasteiger partial charge in [-0.15, -0.1) is 0 Å². The zero-order chi connectivity index (χ0) is 23.1. The van der Waals surface area contributed by atoms with Gasteiger partial charge in [-0.05, 0) is 42.3 Å². The molecule has 7 heteroatoms. The van der Waals surface area contributed by atoms with Crippen LogP contribution in [0.5, 0.6) is 0 Å². The summed E-state index contributed by atoms with van der Waals surface area (Å²) in [6, 6.07) is 17.9. The van der Waals surface area contributed by atoms with Crippen LogP contribution in [0, 0.1) is 5.82 Å². The molecule has 3 aromatic carbocycles. The van der Waals surface area contributed by atoms with Crippen LogP contribution in [0.15, 0.2) is 75.9 Å².